The van der Waals surface area contributed by atoms with Gasteiger partial charge in [0.2, 0.25) is 0 Å². The van der Waals surface area contributed by atoms with Crippen LogP contribution >= 0.6 is 0 Å². The Kier molecular flexibility index (Phi) is 2.58. The summed E-state index contributed by atoms with van der Waals surface area (Å²) in [7, 11) is 0. The predicted octanol–water partition coefficient (Wildman–Crippen LogP) is 5.41. The quantitative estimate of drug-likeness (QED) is 0.422. The van der Waals surface area contributed by atoms with Crippen LogP contribution in [0.3, 0.4) is 0 Å². The smallest absolute Gasteiger partial charge is 0.139 e. The number of nitrogens with one attached hydrogen (secondary N) is 2. The van der Waals surface area contributed by atoms with Crippen LogP contribution in [0.5, 0.6) is 0 Å². The third-order valence-electron chi connectivity index (χ3n) is 5.06. The van der Waals surface area contributed by atoms with Crippen molar-refractivity contribution in [3.63, 3.8) is 0 Å². The molecule has 2 aromatic carbocycles. The van der Waals surface area contributed by atoms with E-state index in [1.807, 2.05) is 24.5 Å². The molecule has 0 aliphatic carbocycles. The van der Waals surface area contributed by atoms with Gasteiger partial charge in [-0.15, -0.1) is 0 Å². The number of hydrogen-bond donors (Lipinski definition) is 2. The van der Waals surface area contributed by atoms with E-state index in [0.29, 0.717) is 0 Å². The van der Waals surface area contributed by atoms with E-state index in [0.717, 1.165) is 38.8 Å². The van der Waals surface area contributed by atoms with Crippen LogP contribution in [0.15, 0.2) is 73.1 Å². The first kappa shape index (κ1) is 13.6. The van der Waals surface area contributed by atoms with Gasteiger partial charge >= 0.3 is 0 Å². The lowest BCUT2D eigenvalue weighted by Crippen LogP contribution is -1.84. The van der Waals surface area contributed by atoms with Crippen molar-refractivity contribution in [2.45, 2.75) is 0 Å². The number of hydrogen-bond acceptors (Lipinski definition) is 2. The third-order valence-corrected chi connectivity index (χ3v) is 5.06. The number of benzene rings is 2. The van der Waals surface area contributed by atoms with Gasteiger partial charge in [0, 0.05) is 44.3 Å². The molecule has 4 aromatic heterocycles. The van der Waals surface area contributed by atoms with E-state index >= 15 is 0 Å². The van der Waals surface area contributed by atoms with Crippen molar-refractivity contribution in [2.75, 3.05) is 0 Å². The summed E-state index contributed by atoms with van der Waals surface area (Å²) in [6.45, 7) is 0. The van der Waals surface area contributed by atoms with Crippen LogP contribution in [-0.4, -0.2) is 19.9 Å². The fraction of sp³-hybridized carbons (Fsp3) is 0. The van der Waals surface area contributed by atoms with Crippen molar-refractivity contribution in [2.24, 2.45) is 0 Å². The number of aromatic amines is 2. The molecule has 0 amide bonds. The summed E-state index contributed by atoms with van der Waals surface area (Å²) in [6.07, 6.45) is 3.69. The molecule has 0 saturated carbocycles. The van der Waals surface area contributed by atoms with Crippen LogP contribution in [-0.2, 0) is 0 Å². The van der Waals surface area contributed by atoms with Crippen LogP contribution in [0.1, 0.15) is 0 Å². The van der Waals surface area contributed by atoms with E-state index in [9.17, 15) is 0 Å². The van der Waals surface area contributed by atoms with Crippen molar-refractivity contribution in [3.05, 3.63) is 73.1 Å². The number of H-pyrrole nitrogens is 2. The molecule has 0 saturated heterocycles. The van der Waals surface area contributed by atoms with Crippen LogP contribution < -0.4 is 0 Å². The second-order valence-corrected chi connectivity index (χ2v) is 6.57. The minimum absolute atomic E-state index is 0.921. The van der Waals surface area contributed by atoms with Crippen LogP contribution in [0, 0.1) is 0 Å². The highest BCUT2D eigenvalue weighted by Crippen LogP contribution is 2.30. The van der Waals surface area contributed by atoms with Gasteiger partial charge in [-0.1, -0.05) is 30.3 Å². The zero-order valence-electron chi connectivity index (χ0n) is 13.8. The largest absolute Gasteiger partial charge is 0.353 e. The molecule has 0 radical (unpaired) electrons. The Labute approximate surface area is 148 Å². The number of fused-ring (bicyclic) bond motifs is 6. The first-order chi connectivity index (χ1) is 12.9. The van der Waals surface area contributed by atoms with Crippen LogP contribution in [0.4, 0.5) is 0 Å². The summed E-state index contributed by atoms with van der Waals surface area (Å²) in [5, 5.41) is 4.76. The molecular formula is C22H14N4. The summed E-state index contributed by atoms with van der Waals surface area (Å²) in [5.41, 5.74) is 6.25. The molecule has 2 N–H and O–H groups in total. The van der Waals surface area contributed by atoms with E-state index in [-0.39, 0.29) is 0 Å². The maximum absolute atomic E-state index is 4.86. The molecule has 4 nitrogen and oxygen atoms in total. The highest BCUT2D eigenvalue weighted by atomic mass is 14.9. The van der Waals surface area contributed by atoms with Crippen molar-refractivity contribution >= 4 is 43.7 Å². The van der Waals surface area contributed by atoms with Gasteiger partial charge in [-0.3, -0.25) is 4.98 Å². The Bertz CT molecular complexity index is 1330. The van der Waals surface area contributed by atoms with Gasteiger partial charge in [-0.05, 0) is 30.3 Å². The Hall–Kier alpha value is -3.66. The molecule has 6 rings (SSSR count). The van der Waals surface area contributed by atoms with E-state index < -0.39 is 0 Å². The molecule has 0 bridgehead atoms. The van der Waals surface area contributed by atoms with E-state index in [1.165, 1.54) is 16.2 Å². The van der Waals surface area contributed by atoms with Crippen molar-refractivity contribution in [1.82, 2.24) is 19.9 Å². The van der Waals surface area contributed by atoms with E-state index in [4.69, 9.17) is 4.98 Å². The van der Waals surface area contributed by atoms with Crippen molar-refractivity contribution in [3.8, 4) is 11.3 Å². The molecule has 0 aliphatic rings. The van der Waals surface area contributed by atoms with Gasteiger partial charge in [-0.2, -0.15) is 0 Å². The molecule has 0 atom stereocenters. The summed E-state index contributed by atoms with van der Waals surface area (Å²) < 4.78 is 0. The van der Waals surface area contributed by atoms with Gasteiger partial charge in [0.15, 0.2) is 0 Å². The first-order valence-corrected chi connectivity index (χ1v) is 8.60. The topological polar surface area (TPSA) is 57.4 Å². The van der Waals surface area contributed by atoms with Crippen LogP contribution in [0.2, 0.25) is 0 Å². The maximum Gasteiger partial charge on any atom is 0.139 e. The monoisotopic (exact) mass is 334 g/mol. The van der Waals surface area contributed by atoms with Gasteiger partial charge < -0.3 is 9.97 Å². The van der Waals surface area contributed by atoms with Crippen LogP contribution in [0.25, 0.3) is 55.0 Å². The summed E-state index contributed by atoms with van der Waals surface area (Å²) in [6, 6.07) is 21.0. The number of rotatable bonds is 1. The van der Waals surface area contributed by atoms with Crippen molar-refractivity contribution < 1.29 is 0 Å². The van der Waals surface area contributed by atoms with E-state index in [1.54, 1.807) is 0 Å². The third kappa shape index (κ3) is 1.84. The Balaban J connectivity index is 1.57. The lowest BCUT2D eigenvalue weighted by atomic mass is 10.1. The molecule has 26 heavy (non-hydrogen) atoms. The standard InChI is InChI=1S/C22H14N4/c1-2-4-19-14(3-1)17-7-8-18(25-22(17)26-19)13-5-6-15-16-9-10-23-12-21(16)24-20(15)11-13/h1-12,24H,(H,25,26). The predicted molar refractivity (Wildman–Crippen MR) is 106 cm³/mol. The Morgan fingerprint density at radius 3 is 2.50 bits per heavy atom. The normalized spacial score (nSPS) is 11.8. The molecule has 4 heteroatoms. The van der Waals surface area contributed by atoms with Gasteiger partial charge in [0.1, 0.15) is 5.65 Å². The zero-order chi connectivity index (χ0) is 17.1. The fourth-order valence-corrected chi connectivity index (χ4v) is 3.80. The average molecular weight is 334 g/mol. The highest BCUT2D eigenvalue weighted by molar-refractivity contribution is 6.08. The van der Waals surface area contributed by atoms with Crippen molar-refractivity contribution in [1.29, 1.82) is 0 Å². The number of para-hydroxylation sites is 1. The molecule has 0 fully saturated rings. The lowest BCUT2D eigenvalue weighted by molar-refractivity contribution is 1.34. The molecule has 0 unspecified atom stereocenters. The van der Waals surface area contributed by atoms with E-state index in [2.05, 4.69) is 63.5 Å². The second-order valence-electron chi connectivity index (χ2n) is 6.57. The lowest BCUT2D eigenvalue weighted by Gasteiger charge is -2.02. The molecule has 122 valence electrons. The Morgan fingerprint density at radius 2 is 1.50 bits per heavy atom. The first-order valence-electron chi connectivity index (χ1n) is 8.60. The minimum atomic E-state index is 0.921. The maximum atomic E-state index is 4.86. The Morgan fingerprint density at radius 1 is 0.654 bits per heavy atom. The van der Waals surface area contributed by atoms with Gasteiger partial charge in [-0.25, -0.2) is 4.98 Å². The number of pyridine rings is 2. The molecule has 4 heterocycles. The average Bonchev–Trinajstić information content (AvgIpc) is 3.24. The summed E-state index contributed by atoms with van der Waals surface area (Å²) in [5.74, 6) is 0. The summed E-state index contributed by atoms with van der Waals surface area (Å²) >= 11 is 0. The second kappa shape index (κ2) is 4.92. The zero-order valence-corrected chi connectivity index (χ0v) is 13.8. The fourth-order valence-electron chi connectivity index (χ4n) is 3.80. The number of aromatic nitrogens is 4. The summed E-state index contributed by atoms with van der Waals surface area (Å²) in [4.78, 5) is 15.9. The highest BCUT2D eigenvalue weighted by Gasteiger charge is 2.09. The molecular weight excluding hydrogens is 320 g/mol. The minimum Gasteiger partial charge on any atom is -0.353 e. The molecule has 0 aliphatic heterocycles. The number of nitrogens with zero attached hydrogens (tertiary/aromatic N) is 2. The SMILES string of the molecule is c1ccc2c(c1)[nH]c1nc(-c3ccc4c(c3)[nH]c3cnccc34)ccc12. The molecule has 0 spiro atoms. The van der Waals surface area contributed by atoms with Gasteiger partial charge in [0.05, 0.1) is 17.4 Å². The van der Waals surface area contributed by atoms with Gasteiger partial charge in [0.25, 0.3) is 0 Å². The molecule has 6 aromatic rings.